The van der Waals surface area contributed by atoms with E-state index in [1.165, 1.54) is 51.4 Å². The van der Waals surface area contributed by atoms with Gasteiger partial charge in [-0.3, -0.25) is 4.99 Å². The van der Waals surface area contributed by atoms with E-state index in [0.717, 1.165) is 12.8 Å². The second kappa shape index (κ2) is 5.34. The van der Waals surface area contributed by atoms with Crippen LogP contribution in [0.25, 0.3) is 0 Å². The summed E-state index contributed by atoms with van der Waals surface area (Å²) < 4.78 is 0. The average Bonchev–Trinajstić information content (AvgIpc) is 2.29. The first-order valence-electron chi connectivity index (χ1n) is 6.52. The fraction of sp³-hybridized carbons (Fsp3) is 0.923. The summed E-state index contributed by atoms with van der Waals surface area (Å²) >= 11 is 6.55. The van der Waals surface area contributed by atoms with Crippen LogP contribution in [-0.2, 0) is 0 Å². The maximum atomic E-state index is 6.55. The molecule has 0 radical (unpaired) electrons. The van der Waals surface area contributed by atoms with Crippen molar-refractivity contribution in [2.45, 2.75) is 75.1 Å². The normalized spacial score (nSPS) is 28.3. The smallest absolute Gasteiger partial charge is 0.0792 e. The topological polar surface area (TPSA) is 12.4 Å². The van der Waals surface area contributed by atoms with Gasteiger partial charge in [0, 0.05) is 12.3 Å². The molecule has 86 valence electrons. The van der Waals surface area contributed by atoms with Crippen molar-refractivity contribution in [3.63, 3.8) is 0 Å². The molecule has 0 aromatic carbocycles. The van der Waals surface area contributed by atoms with Crippen molar-refractivity contribution in [2.24, 2.45) is 4.99 Å². The van der Waals surface area contributed by atoms with E-state index in [4.69, 9.17) is 16.6 Å². The van der Waals surface area contributed by atoms with Gasteiger partial charge in [0.1, 0.15) is 0 Å². The molecule has 0 aliphatic heterocycles. The average molecular weight is 228 g/mol. The fourth-order valence-corrected chi connectivity index (χ4v) is 3.06. The Bertz CT molecular complexity index is 213. The van der Waals surface area contributed by atoms with E-state index in [-0.39, 0.29) is 4.87 Å². The van der Waals surface area contributed by atoms with Crippen LogP contribution in [-0.4, -0.2) is 17.1 Å². The molecule has 0 aromatic heterocycles. The second-order valence-electron chi connectivity index (χ2n) is 5.17. The molecular formula is C13H22ClN. The Morgan fingerprint density at radius 3 is 2.20 bits per heavy atom. The molecule has 0 atom stereocenters. The predicted molar refractivity (Wildman–Crippen MR) is 67.0 cm³/mol. The van der Waals surface area contributed by atoms with Crippen LogP contribution >= 0.6 is 11.6 Å². The van der Waals surface area contributed by atoms with Gasteiger partial charge in [-0.15, -0.1) is 11.6 Å². The van der Waals surface area contributed by atoms with Gasteiger partial charge in [0.05, 0.1) is 4.87 Å². The lowest BCUT2D eigenvalue weighted by molar-refractivity contribution is 0.436. The van der Waals surface area contributed by atoms with Crippen LogP contribution in [0.3, 0.4) is 0 Å². The van der Waals surface area contributed by atoms with Gasteiger partial charge in [0.2, 0.25) is 0 Å². The highest BCUT2D eigenvalue weighted by Gasteiger charge is 2.27. The molecule has 0 heterocycles. The van der Waals surface area contributed by atoms with Crippen molar-refractivity contribution in [1.29, 1.82) is 0 Å². The summed E-state index contributed by atoms with van der Waals surface area (Å²) in [5, 5.41) is 0. The number of hydrogen-bond donors (Lipinski definition) is 0. The van der Waals surface area contributed by atoms with E-state index in [9.17, 15) is 0 Å². The molecule has 0 saturated heterocycles. The highest BCUT2D eigenvalue weighted by molar-refractivity contribution is 6.32. The molecule has 2 saturated carbocycles. The molecule has 0 amide bonds. The van der Waals surface area contributed by atoms with Gasteiger partial charge in [-0.25, -0.2) is 0 Å². The van der Waals surface area contributed by atoms with Crippen molar-refractivity contribution < 1.29 is 0 Å². The van der Waals surface area contributed by atoms with Crippen LogP contribution in [0.15, 0.2) is 4.99 Å². The van der Waals surface area contributed by atoms with Gasteiger partial charge in [-0.05, 0) is 25.7 Å². The fourth-order valence-electron chi connectivity index (χ4n) is 2.74. The van der Waals surface area contributed by atoms with Crippen molar-refractivity contribution in [3.8, 4) is 0 Å². The highest BCUT2D eigenvalue weighted by Crippen LogP contribution is 2.33. The largest absolute Gasteiger partial charge is 0.292 e. The summed E-state index contributed by atoms with van der Waals surface area (Å²) in [5.74, 6) is 0. The summed E-state index contributed by atoms with van der Waals surface area (Å²) in [5.41, 5.74) is 0. The number of halogens is 1. The molecule has 0 N–H and O–H groups in total. The van der Waals surface area contributed by atoms with Crippen LogP contribution in [0.5, 0.6) is 0 Å². The van der Waals surface area contributed by atoms with E-state index < -0.39 is 0 Å². The van der Waals surface area contributed by atoms with Gasteiger partial charge >= 0.3 is 0 Å². The van der Waals surface area contributed by atoms with Crippen LogP contribution in [0.1, 0.15) is 64.2 Å². The standard InChI is InChI=1S/C13H22ClN/c14-13(9-5-2-6-10-13)11-15-12-7-3-1-4-8-12/h11-12H,1-10H2. The third-order valence-electron chi connectivity index (χ3n) is 3.78. The number of aliphatic imine (C=N–C) groups is 1. The van der Waals surface area contributed by atoms with Crippen LogP contribution < -0.4 is 0 Å². The lowest BCUT2D eigenvalue weighted by Crippen LogP contribution is -2.27. The van der Waals surface area contributed by atoms with Gasteiger partial charge in [-0.2, -0.15) is 0 Å². The van der Waals surface area contributed by atoms with Gasteiger partial charge in [-0.1, -0.05) is 38.5 Å². The van der Waals surface area contributed by atoms with Crippen LogP contribution in [0.4, 0.5) is 0 Å². The van der Waals surface area contributed by atoms with Crippen molar-refractivity contribution in [1.82, 2.24) is 0 Å². The summed E-state index contributed by atoms with van der Waals surface area (Å²) in [6.45, 7) is 0. The van der Waals surface area contributed by atoms with E-state index in [2.05, 4.69) is 6.21 Å². The monoisotopic (exact) mass is 227 g/mol. The summed E-state index contributed by atoms with van der Waals surface area (Å²) in [7, 11) is 0. The van der Waals surface area contributed by atoms with Gasteiger partial charge in [0.15, 0.2) is 0 Å². The minimum Gasteiger partial charge on any atom is -0.292 e. The lowest BCUT2D eigenvalue weighted by atomic mass is 9.89. The summed E-state index contributed by atoms with van der Waals surface area (Å²) in [6.07, 6.45) is 14.9. The van der Waals surface area contributed by atoms with E-state index in [1.807, 2.05) is 0 Å². The Morgan fingerprint density at radius 2 is 1.53 bits per heavy atom. The molecule has 0 aromatic rings. The zero-order valence-electron chi connectivity index (χ0n) is 9.55. The Morgan fingerprint density at radius 1 is 0.933 bits per heavy atom. The Labute approximate surface area is 98.3 Å². The minimum absolute atomic E-state index is 0.0876. The van der Waals surface area contributed by atoms with Crippen LogP contribution in [0, 0.1) is 0 Å². The molecule has 0 spiro atoms. The molecular weight excluding hydrogens is 206 g/mol. The molecule has 2 aliphatic rings. The van der Waals surface area contributed by atoms with Gasteiger partial charge in [0.25, 0.3) is 0 Å². The molecule has 2 rings (SSSR count). The summed E-state index contributed by atoms with van der Waals surface area (Å²) in [4.78, 5) is 4.63. The Hall–Kier alpha value is -0.0400. The Kier molecular flexibility index (Phi) is 4.07. The molecule has 0 unspecified atom stereocenters. The first-order valence-corrected chi connectivity index (χ1v) is 6.90. The van der Waals surface area contributed by atoms with E-state index >= 15 is 0 Å². The van der Waals surface area contributed by atoms with E-state index in [0.29, 0.717) is 6.04 Å². The maximum absolute atomic E-state index is 6.55. The molecule has 2 aliphatic carbocycles. The number of hydrogen-bond acceptors (Lipinski definition) is 1. The van der Waals surface area contributed by atoms with E-state index in [1.54, 1.807) is 0 Å². The SMILES string of the molecule is ClC1(C=NC2CCCCC2)CCCCC1. The number of alkyl halides is 1. The lowest BCUT2D eigenvalue weighted by Gasteiger charge is -2.28. The zero-order valence-corrected chi connectivity index (χ0v) is 10.3. The van der Waals surface area contributed by atoms with Crippen molar-refractivity contribution in [2.75, 3.05) is 0 Å². The second-order valence-corrected chi connectivity index (χ2v) is 5.92. The molecule has 1 nitrogen and oxygen atoms in total. The first kappa shape index (κ1) is 11.4. The minimum atomic E-state index is -0.0876. The first-order chi connectivity index (χ1) is 7.29. The molecule has 15 heavy (non-hydrogen) atoms. The zero-order chi connectivity index (χ0) is 10.6. The number of rotatable bonds is 2. The van der Waals surface area contributed by atoms with Crippen LogP contribution in [0.2, 0.25) is 0 Å². The third kappa shape index (κ3) is 3.48. The quantitative estimate of drug-likeness (QED) is 0.492. The predicted octanol–water partition coefficient (Wildman–Crippen LogP) is 4.33. The maximum Gasteiger partial charge on any atom is 0.0792 e. The van der Waals surface area contributed by atoms with Crippen molar-refractivity contribution >= 4 is 17.8 Å². The van der Waals surface area contributed by atoms with Crippen molar-refractivity contribution in [3.05, 3.63) is 0 Å². The third-order valence-corrected chi connectivity index (χ3v) is 4.25. The molecule has 2 heteroatoms. The summed E-state index contributed by atoms with van der Waals surface area (Å²) in [6, 6.07) is 0.580. The molecule has 0 bridgehead atoms. The molecule has 2 fully saturated rings. The number of nitrogens with zero attached hydrogens (tertiary/aromatic N) is 1. The Balaban J connectivity index is 1.85. The van der Waals surface area contributed by atoms with Gasteiger partial charge < -0.3 is 0 Å². The highest BCUT2D eigenvalue weighted by atomic mass is 35.5.